The standard InChI is InChI=1S/C17H36N2O/c1-3-4-6-16-7-9-17(10-8-16)15-19-12-5-11-18-13-14-20-2/h16-19H,3-15H2,1-2H3. The Hall–Kier alpha value is -0.120. The molecular weight excluding hydrogens is 248 g/mol. The van der Waals surface area contributed by atoms with E-state index < -0.39 is 0 Å². The molecule has 0 spiro atoms. The summed E-state index contributed by atoms with van der Waals surface area (Å²) >= 11 is 0. The first kappa shape index (κ1) is 17.9. The number of unbranched alkanes of at least 4 members (excludes halogenated alkanes) is 1. The van der Waals surface area contributed by atoms with Gasteiger partial charge in [-0.05, 0) is 50.7 Å². The highest BCUT2D eigenvalue weighted by Crippen LogP contribution is 2.31. The molecule has 0 bridgehead atoms. The molecule has 0 aromatic rings. The molecule has 3 nitrogen and oxygen atoms in total. The van der Waals surface area contributed by atoms with Crippen LogP contribution in [0.2, 0.25) is 0 Å². The molecule has 0 heterocycles. The van der Waals surface area contributed by atoms with E-state index in [1.54, 1.807) is 7.11 Å². The van der Waals surface area contributed by atoms with Crippen molar-refractivity contribution in [1.29, 1.82) is 0 Å². The molecule has 1 aliphatic carbocycles. The number of ether oxygens (including phenoxy) is 1. The van der Waals surface area contributed by atoms with Gasteiger partial charge in [0.05, 0.1) is 6.61 Å². The van der Waals surface area contributed by atoms with Crippen LogP contribution in [0, 0.1) is 11.8 Å². The summed E-state index contributed by atoms with van der Waals surface area (Å²) in [5, 5.41) is 7.02. The first-order valence-electron chi connectivity index (χ1n) is 8.77. The molecule has 2 N–H and O–H groups in total. The minimum atomic E-state index is 0.814. The van der Waals surface area contributed by atoms with E-state index in [1.807, 2.05) is 0 Å². The molecule has 0 aliphatic heterocycles. The van der Waals surface area contributed by atoms with E-state index in [4.69, 9.17) is 4.74 Å². The van der Waals surface area contributed by atoms with Crippen molar-refractivity contribution in [1.82, 2.24) is 10.6 Å². The second kappa shape index (κ2) is 12.6. The van der Waals surface area contributed by atoms with Crippen molar-refractivity contribution in [3.63, 3.8) is 0 Å². The molecule has 0 atom stereocenters. The van der Waals surface area contributed by atoms with E-state index in [9.17, 15) is 0 Å². The zero-order valence-electron chi connectivity index (χ0n) is 13.8. The third-order valence-electron chi connectivity index (χ3n) is 4.56. The third kappa shape index (κ3) is 8.93. The SMILES string of the molecule is CCCCC1CCC(CNCCCNCCOC)CC1. The fraction of sp³-hybridized carbons (Fsp3) is 1.00. The van der Waals surface area contributed by atoms with Crippen LogP contribution in [0.4, 0.5) is 0 Å². The largest absolute Gasteiger partial charge is 0.383 e. The van der Waals surface area contributed by atoms with Crippen LogP contribution < -0.4 is 10.6 Å². The smallest absolute Gasteiger partial charge is 0.0587 e. The average Bonchev–Trinajstić information content (AvgIpc) is 2.49. The zero-order chi connectivity index (χ0) is 14.5. The summed E-state index contributed by atoms with van der Waals surface area (Å²) in [5.41, 5.74) is 0. The van der Waals surface area contributed by atoms with Gasteiger partial charge in [0.2, 0.25) is 0 Å². The Kier molecular flexibility index (Phi) is 11.3. The molecule has 0 radical (unpaired) electrons. The fourth-order valence-electron chi connectivity index (χ4n) is 3.16. The molecule has 0 aromatic heterocycles. The van der Waals surface area contributed by atoms with Crippen LogP contribution in [0.15, 0.2) is 0 Å². The molecule has 120 valence electrons. The van der Waals surface area contributed by atoms with Gasteiger partial charge >= 0.3 is 0 Å². The summed E-state index contributed by atoms with van der Waals surface area (Å²) in [4.78, 5) is 0. The van der Waals surface area contributed by atoms with E-state index in [0.717, 1.165) is 38.1 Å². The van der Waals surface area contributed by atoms with Gasteiger partial charge in [0, 0.05) is 13.7 Å². The van der Waals surface area contributed by atoms with Crippen molar-refractivity contribution in [2.75, 3.05) is 39.9 Å². The van der Waals surface area contributed by atoms with E-state index in [-0.39, 0.29) is 0 Å². The topological polar surface area (TPSA) is 33.3 Å². The van der Waals surface area contributed by atoms with Gasteiger partial charge in [-0.2, -0.15) is 0 Å². The maximum atomic E-state index is 5.00. The lowest BCUT2D eigenvalue weighted by atomic mass is 9.80. The van der Waals surface area contributed by atoms with Crippen molar-refractivity contribution in [2.45, 2.75) is 58.3 Å². The molecule has 0 amide bonds. The first-order chi connectivity index (χ1) is 9.86. The van der Waals surface area contributed by atoms with Gasteiger partial charge < -0.3 is 15.4 Å². The molecule has 1 aliphatic rings. The van der Waals surface area contributed by atoms with Gasteiger partial charge in [-0.15, -0.1) is 0 Å². The molecule has 3 heteroatoms. The monoisotopic (exact) mass is 284 g/mol. The third-order valence-corrected chi connectivity index (χ3v) is 4.56. The van der Waals surface area contributed by atoms with E-state index >= 15 is 0 Å². The van der Waals surface area contributed by atoms with Crippen LogP contribution in [0.1, 0.15) is 58.3 Å². The van der Waals surface area contributed by atoms with Crippen LogP contribution in [0.5, 0.6) is 0 Å². The molecule has 1 rings (SSSR count). The highest BCUT2D eigenvalue weighted by Gasteiger charge is 2.20. The van der Waals surface area contributed by atoms with E-state index in [0.29, 0.717) is 0 Å². The quantitative estimate of drug-likeness (QED) is 0.540. The fourth-order valence-corrected chi connectivity index (χ4v) is 3.16. The van der Waals surface area contributed by atoms with Crippen LogP contribution in [-0.2, 0) is 4.74 Å². The summed E-state index contributed by atoms with van der Waals surface area (Å²) in [6.45, 7) is 7.57. The van der Waals surface area contributed by atoms with Gasteiger partial charge in [0.1, 0.15) is 0 Å². The molecule has 0 saturated heterocycles. The van der Waals surface area contributed by atoms with Crippen molar-refractivity contribution in [2.24, 2.45) is 11.8 Å². The van der Waals surface area contributed by atoms with Crippen LogP contribution >= 0.6 is 0 Å². The molecule has 20 heavy (non-hydrogen) atoms. The van der Waals surface area contributed by atoms with Gasteiger partial charge in [0.25, 0.3) is 0 Å². The first-order valence-corrected chi connectivity index (χ1v) is 8.77. The Balaban J connectivity index is 1.86. The summed E-state index contributed by atoms with van der Waals surface area (Å²) in [5.74, 6) is 1.98. The van der Waals surface area contributed by atoms with Crippen LogP contribution in [0.3, 0.4) is 0 Å². The predicted octanol–water partition coefficient (Wildman–Crippen LogP) is 3.20. The van der Waals surface area contributed by atoms with Crippen LogP contribution in [0.25, 0.3) is 0 Å². The Morgan fingerprint density at radius 2 is 1.60 bits per heavy atom. The Bertz CT molecular complexity index is 203. The number of hydrogen-bond acceptors (Lipinski definition) is 3. The number of methoxy groups -OCH3 is 1. The lowest BCUT2D eigenvalue weighted by Gasteiger charge is -2.28. The summed E-state index contributed by atoms with van der Waals surface area (Å²) < 4.78 is 5.00. The highest BCUT2D eigenvalue weighted by atomic mass is 16.5. The average molecular weight is 284 g/mol. The Labute approximate surface area is 126 Å². The van der Waals surface area contributed by atoms with Gasteiger partial charge in [-0.25, -0.2) is 0 Å². The molecule has 1 saturated carbocycles. The summed E-state index contributed by atoms with van der Waals surface area (Å²) in [6, 6.07) is 0. The van der Waals surface area contributed by atoms with Crippen molar-refractivity contribution >= 4 is 0 Å². The second-order valence-corrected chi connectivity index (χ2v) is 6.33. The van der Waals surface area contributed by atoms with Gasteiger partial charge in [-0.3, -0.25) is 0 Å². The minimum absolute atomic E-state index is 0.814. The summed E-state index contributed by atoms with van der Waals surface area (Å²) in [7, 11) is 1.75. The molecule has 0 aromatic carbocycles. The molecule has 0 unspecified atom stereocenters. The maximum Gasteiger partial charge on any atom is 0.0587 e. The molecular formula is C17H36N2O. The van der Waals surface area contributed by atoms with Gasteiger partial charge in [-0.1, -0.05) is 39.0 Å². The Morgan fingerprint density at radius 3 is 2.30 bits per heavy atom. The lowest BCUT2D eigenvalue weighted by molar-refractivity contribution is 0.199. The van der Waals surface area contributed by atoms with E-state index in [1.165, 1.54) is 57.9 Å². The van der Waals surface area contributed by atoms with Crippen molar-refractivity contribution in [3.8, 4) is 0 Å². The summed E-state index contributed by atoms with van der Waals surface area (Å²) in [6.07, 6.45) is 11.3. The number of nitrogens with one attached hydrogen (secondary N) is 2. The van der Waals surface area contributed by atoms with Crippen LogP contribution in [-0.4, -0.2) is 39.9 Å². The van der Waals surface area contributed by atoms with Gasteiger partial charge in [0.15, 0.2) is 0 Å². The normalized spacial score (nSPS) is 23.1. The Morgan fingerprint density at radius 1 is 0.900 bits per heavy atom. The second-order valence-electron chi connectivity index (χ2n) is 6.33. The maximum absolute atomic E-state index is 5.00. The molecule has 1 fully saturated rings. The predicted molar refractivity (Wildman–Crippen MR) is 87.2 cm³/mol. The number of rotatable bonds is 12. The van der Waals surface area contributed by atoms with Crippen molar-refractivity contribution in [3.05, 3.63) is 0 Å². The number of hydrogen-bond donors (Lipinski definition) is 2. The van der Waals surface area contributed by atoms with E-state index in [2.05, 4.69) is 17.6 Å². The zero-order valence-corrected chi connectivity index (χ0v) is 13.8. The minimum Gasteiger partial charge on any atom is -0.383 e. The highest BCUT2D eigenvalue weighted by molar-refractivity contribution is 4.74. The lowest BCUT2D eigenvalue weighted by Crippen LogP contribution is -2.29. The van der Waals surface area contributed by atoms with Crippen molar-refractivity contribution < 1.29 is 4.74 Å².